The van der Waals surface area contributed by atoms with E-state index >= 15 is 0 Å². The molecular weight excluding hydrogens is 412 g/mol. The molecule has 1 heterocycles. The van der Waals surface area contributed by atoms with Crippen LogP contribution in [0.15, 0.2) is 84.6 Å². The van der Waals surface area contributed by atoms with Crippen LogP contribution >= 0.6 is 11.6 Å². The lowest BCUT2D eigenvalue weighted by molar-refractivity contribution is -0.123. The lowest BCUT2D eigenvalue weighted by Gasteiger charge is -2.30. The number of nitrogens with zero attached hydrogens (tertiary/aromatic N) is 1. The summed E-state index contributed by atoms with van der Waals surface area (Å²) in [6, 6.07) is 24.3. The molecule has 2 amide bonds. The van der Waals surface area contributed by atoms with Crippen molar-refractivity contribution in [1.82, 2.24) is 5.32 Å². The maximum Gasteiger partial charge on any atom is 0.294 e. The van der Waals surface area contributed by atoms with Gasteiger partial charge in [0.2, 0.25) is 5.91 Å². The van der Waals surface area contributed by atoms with Crippen LogP contribution in [0.25, 0.3) is 6.08 Å². The lowest BCUT2D eigenvalue weighted by Crippen LogP contribution is -2.44. The molecule has 3 aromatic carbocycles. The van der Waals surface area contributed by atoms with Crippen molar-refractivity contribution in [3.8, 4) is 5.75 Å². The number of para-hydroxylation sites is 2. The van der Waals surface area contributed by atoms with E-state index in [0.717, 1.165) is 12.0 Å². The van der Waals surface area contributed by atoms with Gasteiger partial charge in [-0.05, 0) is 41.8 Å². The standard InChI is InChI=1S/C25H21ClN2O3/c26-20-11-5-4-10-19(20)16-23-25(30)28(21-12-6-7-13-22(21)31-23)17-24(29)27-15-14-18-8-2-1-3-9-18/h1-13,16H,14-15,17H2,(H,27,29). The van der Waals surface area contributed by atoms with Gasteiger partial charge in [-0.15, -0.1) is 0 Å². The molecule has 4 rings (SSSR count). The SMILES string of the molecule is O=C(CN1C(=O)C(=Cc2ccccc2Cl)Oc2ccccc21)NCCc1ccccc1. The number of ether oxygens (including phenoxy) is 1. The predicted molar refractivity (Wildman–Crippen MR) is 122 cm³/mol. The fraction of sp³-hybridized carbons (Fsp3) is 0.120. The van der Waals surface area contributed by atoms with Crippen LogP contribution in [0, 0.1) is 0 Å². The predicted octanol–water partition coefficient (Wildman–Crippen LogP) is 4.47. The van der Waals surface area contributed by atoms with Crippen molar-refractivity contribution in [2.45, 2.75) is 6.42 Å². The Morgan fingerprint density at radius 3 is 2.48 bits per heavy atom. The number of carbonyl (C=O) groups excluding carboxylic acids is 2. The molecule has 0 aliphatic carbocycles. The second kappa shape index (κ2) is 9.49. The van der Waals surface area contributed by atoms with Crippen LogP contribution in [0.4, 0.5) is 5.69 Å². The second-order valence-corrected chi connectivity index (χ2v) is 7.48. The maximum absolute atomic E-state index is 13.1. The Morgan fingerprint density at radius 1 is 0.968 bits per heavy atom. The highest BCUT2D eigenvalue weighted by atomic mass is 35.5. The normalized spacial score (nSPS) is 14.2. The number of rotatable bonds is 6. The molecule has 1 N–H and O–H groups in total. The number of fused-ring (bicyclic) bond motifs is 1. The molecule has 0 spiro atoms. The molecule has 3 aromatic rings. The van der Waals surface area contributed by atoms with E-state index in [-0.39, 0.29) is 18.2 Å². The molecule has 31 heavy (non-hydrogen) atoms. The number of hydrogen-bond donors (Lipinski definition) is 1. The summed E-state index contributed by atoms with van der Waals surface area (Å²) in [4.78, 5) is 27.2. The summed E-state index contributed by atoms with van der Waals surface area (Å²) in [5, 5.41) is 3.40. The lowest BCUT2D eigenvalue weighted by atomic mass is 10.1. The highest BCUT2D eigenvalue weighted by molar-refractivity contribution is 6.32. The Hall–Kier alpha value is -3.57. The first-order chi connectivity index (χ1) is 15.1. The molecule has 0 saturated heterocycles. The van der Waals surface area contributed by atoms with Crippen LogP contribution < -0.4 is 15.0 Å². The van der Waals surface area contributed by atoms with E-state index in [4.69, 9.17) is 16.3 Å². The third-order valence-electron chi connectivity index (χ3n) is 4.90. The molecule has 1 aliphatic rings. The number of hydrogen-bond acceptors (Lipinski definition) is 3. The first-order valence-corrected chi connectivity index (χ1v) is 10.4. The van der Waals surface area contributed by atoms with Crippen LogP contribution in [0.2, 0.25) is 5.02 Å². The Kier molecular flexibility index (Phi) is 6.34. The Morgan fingerprint density at radius 2 is 1.68 bits per heavy atom. The van der Waals surface area contributed by atoms with Crippen molar-refractivity contribution in [2.75, 3.05) is 18.0 Å². The minimum absolute atomic E-state index is 0.103. The van der Waals surface area contributed by atoms with Crippen LogP contribution in [-0.4, -0.2) is 24.9 Å². The Balaban J connectivity index is 1.51. The topological polar surface area (TPSA) is 58.6 Å². The van der Waals surface area contributed by atoms with Crippen molar-refractivity contribution < 1.29 is 14.3 Å². The van der Waals surface area contributed by atoms with Gasteiger partial charge in [0.05, 0.1) is 5.69 Å². The quantitative estimate of drug-likeness (QED) is 0.585. The third-order valence-corrected chi connectivity index (χ3v) is 5.25. The third kappa shape index (κ3) is 4.95. The van der Waals surface area contributed by atoms with Gasteiger partial charge in [0.1, 0.15) is 6.54 Å². The van der Waals surface area contributed by atoms with Crippen LogP contribution in [-0.2, 0) is 16.0 Å². The summed E-state index contributed by atoms with van der Waals surface area (Å²) < 4.78 is 5.83. The van der Waals surface area contributed by atoms with Crippen molar-refractivity contribution in [3.05, 3.63) is 101 Å². The fourth-order valence-corrected chi connectivity index (χ4v) is 3.53. The van der Waals surface area contributed by atoms with E-state index in [2.05, 4.69) is 5.32 Å². The number of nitrogens with one attached hydrogen (secondary N) is 1. The van der Waals surface area contributed by atoms with Gasteiger partial charge in [0.25, 0.3) is 5.91 Å². The summed E-state index contributed by atoms with van der Waals surface area (Å²) >= 11 is 6.23. The zero-order valence-corrected chi connectivity index (χ0v) is 17.5. The van der Waals surface area contributed by atoms with Gasteiger partial charge >= 0.3 is 0 Å². The Labute approximate surface area is 185 Å². The smallest absolute Gasteiger partial charge is 0.294 e. The van der Waals surface area contributed by atoms with Gasteiger partial charge < -0.3 is 10.1 Å². The van der Waals surface area contributed by atoms with Gasteiger partial charge in [0.15, 0.2) is 11.5 Å². The van der Waals surface area contributed by atoms with E-state index in [1.165, 1.54) is 4.90 Å². The summed E-state index contributed by atoms with van der Waals surface area (Å²) in [7, 11) is 0. The van der Waals surface area contributed by atoms with Gasteiger partial charge in [-0.3, -0.25) is 14.5 Å². The zero-order chi connectivity index (χ0) is 21.6. The number of halogens is 1. The van der Waals surface area contributed by atoms with Gasteiger partial charge in [-0.2, -0.15) is 0 Å². The van der Waals surface area contributed by atoms with E-state index in [0.29, 0.717) is 28.6 Å². The molecule has 0 atom stereocenters. The summed E-state index contributed by atoms with van der Waals surface area (Å²) in [6.45, 7) is 0.388. The molecular formula is C25H21ClN2O3. The molecule has 0 bridgehead atoms. The number of benzene rings is 3. The fourth-order valence-electron chi connectivity index (χ4n) is 3.34. The summed E-state index contributed by atoms with van der Waals surface area (Å²) in [5.41, 5.74) is 2.36. The van der Waals surface area contributed by atoms with E-state index < -0.39 is 5.91 Å². The van der Waals surface area contributed by atoms with Crippen LogP contribution in [0.5, 0.6) is 5.75 Å². The zero-order valence-electron chi connectivity index (χ0n) is 16.8. The van der Waals surface area contributed by atoms with Crippen molar-refractivity contribution in [2.24, 2.45) is 0 Å². The van der Waals surface area contributed by atoms with Crippen LogP contribution in [0.1, 0.15) is 11.1 Å². The highest BCUT2D eigenvalue weighted by Gasteiger charge is 2.31. The highest BCUT2D eigenvalue weighted by Crippen LogP contribution is 2.35. The average molecular weight is 433 g/mol. The first-order valence-electron chi connectivity index (χ1n) is 9.97. The van der Waals surface area contributed by atoms with Crippen LogP contribution in [0.3, 0.4) is 0 Å². The largest absolute Gasteiger partial charge is 0.449 e. The number of anilines is 1. The summed E-state index contributed by atoms with van der Waals surface area (Å²) in [5.74, 6) is -0.00344. The molecule has 5 nitrogen and oxygen atoms in total. The van der Waals surface area contributed by atoms with E-state index in [1.807, 2.05) is 48.5 Å². The molecule has 0 fully saturated rings. The average Bonchev–Trinajstić information content (AvgIpc) is 2.79. The first kappa shape index (κ1) is 20.7. The van der Waals surface area contributed by atoms with Gasteiger partial charge in [0, 0.05) is 11.6 Å². The minimum atomic E-state index is -0.392. The molecule has 6 heteroatoms. The molecule has 0 radical (unpaired) electrons. The number of amides is 2. The molecule has 0 saturated carbocycles. The van der Waals surface area contributed by atoms with E-state index in [1.54, 1.807) is 36.4 Å². The second-order valence-electron chi connectivity index (χ2n) is 7.08. The van der Waals surface area contributed by atoms with Crippen molar-refractivity contribution in [3.63, 3.8) is 0 Å². The minimum Gasteiger partial charge on any atom is -0.449 e. The van der Waals surface area contributed by atoms with Gasteiger partial charge in [-0.25, -0.2) is 0 Å². The molecule has 156 valence electrons. The number of carbonyl (C=O) groups is 2. The van der Waals surface area contributed by atoms with Gasteiger partial charge in [-0.1, -0.05) is 72.3 Å². The van der Waals surface area contributed by atoms with Crippen molar-refractivity contribution >= 4 is 35.2 Å². The Bertz CT molecular complexity index is 1130. The summed E-state index contributed by atoms with van der Waals surface area (Å²) in [6.07, 6.45) is 2.32. The molecule has 1 aliphatic heterocycles. The monoisotopic (exact) mass is 432 g/mol. The van der Waals surface area contributed by atoms with Crippen molar-refractivity contribution in [1.29, 1.82) is 0 Å². The molecule has 0 unspecified atom stereocenters. The maximum atomic E-state index is 13.1. The molecule has 0 aromatic heterocycles. The van der Waals surface area contributed by atoms with E-state index in [9.17, 15) is 9.59 Å².